The van der Waals surface area contributed by atoms with E-state index < -0.39 is 13.0 Å². The van der Waals surface area contributed by atoms with Crippen molar-refractivity contribution in [2.45, 2.75) is 6.43 Å². The Labute approximate surface area is 84.7 Å². The number of nitrogens with one attached hydrogen (secondary N) is 1. The van der Waals surface area contributed by atoms with Crippen LogP contribution in [0.4, 0.5) is 14.7 Å². The first-order chi connectivity index (χ1) is 7.15. The Kier molecular flexibility index (Phi) is 3.95. The van der Waals surface area contributed by atoms with Gasteiger partial charge in [-0.15, -0.1) is 4.98 Å². The predicted molar refractivity (Wildman–Crippen MR) is 47.4 cm³/mol. The van der Waals surface area contributed by atoms with E-state index >= 15 is 0 Å². The van der Waals surface area contributed by atoms with Crippen molar-refractivity contribution < 1.29 is 18.3 Å². The molecule has 1 rings (SSSR count). The number of methoxy groups -OCH3 is 1. The average Bonchev–Trinajstić information content (AvgIpc) is 2.25. The van der Waals surface area contributed by atoms with Gasteiger partial charge in [0.25, 0.3) is 6.43 Å². The second-order valence-corrected chi connectivity index (χ2v) is 2.38. The summed E-state index contributed by atoms with van der Waals surface area (Å²) < 4.78 is 33.0. The highest BCUT2D eigenvalue weighted by Crippen LogP contribution is 2.12. The molecule has 1 aromatic rings. The first-order valence-electron chi connectivity index (χ1n) is 4.04. The molecule has 8 heteroatoms. The van der Waals surface area contributed by atoms with Crippen LogP contribution in [0.5, 0.6) is 12.0 Å². The number of alkyl halides is 2. The lowest BCUT2D eigenvalue weighted by Crippen LogP contribution is -2.11. The number of hydrogen-bond donors (Lipinski definition) is 1. The molecule has 0 aliphatic rings. The van der Waals surface area contributed by atoms with Crippen molar-refractivity contribution in [3.8, 4) is 12.0 Å². The average molecular weight is 220 g/mol. The molecule has 0 aromatic carbocycles. The number of halogens is 2. The number of rotatable bonds is 5. The maximum atomic E-state index is 11.8. The van der Waals surface area contributed by atoms with Gasteiger partial charge >= 0.3 is 12.0 Å². The van der Waals surface area contributed by atoms with Crippen molar-refractivity contribution >= 4 is 5.95 Å². The van der Waals surface area contributed by atoms with Crippen LogP contribution >= 0.6 is 0 Å². The number of nitrogens with zero attached hydrogens (tertiary/aromatic N) is 3. The summed E-state index contributed by atoms with van der Waals surface area (Å²) in [5, 5.41) is 2.62. The molecule has 1 aromatic heterocycles. The lowest BCUT2D eigenvalue weighted by atomic mass is 10.7. The predicted octanol–water partition coefficient (Wildman–Crippen LogP) is 0.566. The largest absolute Gasteiger partial charge is 0.467 e. The molecule has 0 radical (unpaired) electrons. The van der Waals surface area contributed by atoms with Gasteiger partial charge < -0.3 is 14.8 Å². The van der Waals surface area contributed by atoms with Crippen molar-refractivity contribution in [1.82, 2.24) is 15.0 Å². The highest BCUT2D eigenvalue weighted by molar-refractivity contribution is 5.26. The Morgan fingerprint density at radius 1 is 1.27 bits per heavy atom. The van der Waals surface area contributed by atoms with Gasteiger partial charge in [0.15, 0.2) is 6.61 Å². The number of aromatic nitrogens is 3. The Hall–Kier alpha value is -1.73. The standard InChI is InChI=1S/C7H10F2N4O2/c1-10-5-11-6(14-2)13-7(12-5)15-3-4(8)9/h4H,3H2,1-2H3,(H,10,11,12,13). The number of anilines is 1. The summed E-state index contributed by atoms with van der Waals surface area (Å²) in [6.45, 7) is -0.768. The van der Waals surface area contributed by atoms with Gasteiger partial charge in [0.05, 0.1) is 7.11 Å². The van der Waals surface area contributed by atoms with Crippen molar-refractivity contribution in [3.63, 3.8) is 0 Å². The summed E-state index contributed by atoms with van der Waals surface area (Å²) in [6, 6.07) is -0.204. The SMILES string of the molecule is CNc1nc(OC)nc(OCC(F)F)n1. The quantitative estimate of drug-likeness (QED) is 0.782. The van der Waals surface area contributed by atoms with Gasteiger partial charge in [0.2, 0.25) is 5.95 Å². The third-order valence-electron chi connectivity index (χ3n) is 1.34. The molecule has 0 fully saturated rings. The first kappa shape index (κ1) is 11.3. The zero-order valence-electron chi connectivity index (χ0n) is 8.20. The van der Waals surface area contributed by atoms with Crippen molar-refractivity contribution in [1.29, 1.82) is 0 Å². The van der Waals surface area contributed by atoms with Crippen LogP contribution in [0.15, 0.2) is 0 Å². The van der Waals surface area contributed by atoms with Crippen LogP contribution in [0.25, 0.3) is 0 Å². The number of ether oxygens (including phenoxy) is 2. The molecule has 6 nitrogen and oxygen atoms in total. The van der Waals surface area contributed by atoms with Crippen molar-refractivity contribution in [3.05, 3.63) is 0 Å². The summed E-state index contributed by atoms with van der Waals surface area (Å²) in [5.41, 5.74) is 0. The molecule has 0 saturated heterocycles. The van der Waals surface area contributed by atoms with Gasteiger partial charge in [-0.05, 0) is 0 Å². The molecule has 0 unspecified atom stereocenters. The monoisotopic (exact) mass is 220 g/mol. The fraction of sp³-hybridized carbons (Fsp3) is 0.571. The van der Waals surface area contributed by atoms with Gasteiger partial charge in [-0.2, -0.15) is 9.97 Å². The third-order valence-corrected chi connectivity index (χ3v) is 1.34. The molecule has 0 bridgehead atoms. The van der Waals surface area contributed by atoms with E-state index in [1.54, 1.807) is 7.05 Å². The molecule has 0 aliphatic heterocycles. The Morgan fingerprint density at radius 2 is 1.93 bits per heavy atom. The summed E-state index contributed by atoms with van der Waals surface area (Å²) in [7, 11) is 2.93. The van der Waals surface area contributed by atoms with Crippen LogP contribution in [0.1, 0.15) is 0 Å². The second kappa shape index (κ2) is 5.23. The molecular formula is C7H10F2N4O2. The highest BCUT2D eigenvalue weighted by atomic mass is 19.3. The van der Waals surface area contributed by atoms with Gasteiger partial charge in [-0.25, -0.2) is 8.78 Å². The fourth-order valence-corrected chi connectivity index (χ4v) is 0.743. The van der Waals surface area contributed by atoms with Gasteiger partial charge in [0.1, 0.15) is 0 Å². The first-order valence-corrected chi connectivity index (χ1v) is 4.04. The minimum absolute atomic E-state index is 0.00128. The highest BCUT2D eigenvalue weighted by Gasteiger charge is 2.09. The molecule has 1 N–H and O–H groups in total. The Balaban J connectivity index is 2.77. The molecule has 0 atom stereocenters. The van der Waals surface area contributed by atoms with E-state index in [4.69, 9.17) is 4.74 Å². The van der Waals surface area contributed by atoms with E-state index in [0.717, 1.165) is 0 Å². The molecule has 0 spiro atoms. The lowest BCUT2D eigenvalue weighted by molar-refractivity contribution is 0.0765. The number of hydrogen-bond acceptors (Lipinski definition) is 6. The smallest absolute Gasteiger partial charge is 0.324 e. The van der Waals surface area contributed by atoms with E-state index in [1.807, 2.05) is 0 Å². The Morgan fingerprint density at radius 3 is 2.47 bits per heavy atom. The summed E-state index contributed by atoms with van der Waals surface area (Å²) in [6.07, 6.45) is -2.58. The molecular weight excluding hydrogens is 210 g/mol. The van der Waals surface area contributed by atoms with E-state index in [0.29, 0.717) is 0 Å². The third kappa shape index (κ3) is 3.49. The minimum Gasteiger partial charge on any atom is -0.467 e. The molecule has 0 saturated carbocycles. The van der Waals surface area contributed by atoms with Crippen LogP contribution in [-0.4, -0.2) is 42.1 Å². The maximum absolute atomic E-state index is 11.8. The fourth-order valence-electron chi connectivity index (χ4n) is 0.743. The Bertz CT molecular complexity index is 302. The molecule has 0 aliphatic carbocycles. The second-order valence-electron chi connectivity index (χ2n) is 2.38. The van der Waals surface area contributed by atoms with Crippen molar-refractivity contribution in [2.24, 2.45) is 0 Å². The molecule has 0 amide bonds. The maximum Gasteiger partial charge on any atom is 0.324 e. The summed E-state index contributed by atoms with van der Waals surface area (Å²) in [4.78, 5) is 11.1. The van der Waals surface area contributed by atoms with Gasteiger partial charge in [-0.3, -0.25) is 0 Å². The van der Waals surface area contributed by atoms with E-state index in [2.05, 4.69) is 25.0 Å². The molecule has 84 valence electrons. The van der Waals surface area contributed by atoms with E-state index in [9.17, 15) is 8.78 Å². The van der Waals surface area contributed by atoms with Gasteiger partial charge in [0, 0.05) is 7.05 Å². The normalized spacial score (nSPS) is 10.2. The van der Waals surface area contributed by atoms with Crippen LogP contribution in [-0.2, 0) is 0 Å². The zero-order chi connectivity index (χ0) is 11.3. The van der Waals surface area contributed by atoms with E-state index in [1.165, 1.54) is 7.11 Å². The zero-order valence-corrected chi connectivity index (χ0v) is 8.20. The molecule has 15 heavy (non-hydrogen) atoms. The lowest BCUT2D eigenvalue weighted by Gasteiger charge is -2.06. The van der Waals surface area contributed by atoms with Crippen LogP contribution < -0.4 is 14.8 Å². The topological polar surface area (TPSA) is 69.2 Å². The van der Waals surface area contributed by atoms with Crippen LogP contribution in [0.2, 0.25) is 0 Å². The van der Waals surface area contributed by atoms with Crippen LogP contribution in [0, 0.1) is 0 Å². The summed E-state index contributed by atoms with van der Waals surface area (Å²) in [5.74, 6) is 0.186. The van der Waals surface area contributed by atoms with Gasteiger partial charge in [-0.1, -0.05) is 0 Å². The summed E-state index contributed by atoms with van der Waals surface area (Å²) >= 11 is 0. The van der Waals surface area contributed by atoms with Crippen molar-refractivity contribution in [2.75, 3.05) is 26.1 Å². The molecule has 1 heterocycles. The van der Waals surface area contributed by atoms with Crippen LogP contribution in [0.3, 0.4) is 0 Å². The van der Waals surface area contributed by atoms with E-state index in [-0.39, 0.29) is 18.0 Å². The minimum atomic E-state index is -2.58.